The topological polar surface area (TPSA) is 89.7 Å². The molecule has 0 aromatic carbocycles. The first kappa shape index (κ1) is 27.3. The van der Waals surface area contributed by atoms with Gasteiger partial charge >= 0.3 is 0 Å². The fourth-order valence-corrected chi connectivity index (χ4v) is 6.62. The Balaban J connectivity index is 1.13. The van der Waals surface area contributed by atoms with Crippen molar-refractivity contribution in [1.29, 1.82) is 0 Å². The number of rotatable bonds is 8. The van der Waals surface area contributed by atoms with Gasteiger partial charge < -0.3 is 24.1 Å². The van der Waals surface area contributed by atoms with E-state index < -0.39 is 0 Å². The monoisotopic (exact) mass is 524 g/mol. The van der Waals surface area contributed by atoms with E-state index in [1.165, 1.54) is 25.7 Å². The Hall–Kier alpha value is -2.29. The summed E-state index contributed by atoms with van der Waals surface area (Å²) in [6.07, 6.45) is 11.4. The maximum Gasteiger partial charge on any atom is 0.272 e. The molecule has 4 heterocycles. The first-order valence-corrected chi connectivity index (χ1v) is 14.5. The summed E-state index contributed by atoms with van der Waals surface area (Å²) in [5.74, 6) is 3.36. The molecule has 0 radical (unpaired) electrons. The Morgan fingerprint density at radius 3 is 2.74 bits per heavy atom. The van der Waals surface area contributed by atoms with Gasteiger partial charge in [0.25, 0.3) is 5.91 Å². The van der Waals surface area contributed by atoms with E-state index in [2.05, 4.69) is 27.4 Å². The van der Waals surface area contributed by atoms with E-state index >= 15 is 0 Å². The Morgan fingerprint density at radius 2 is 1.97 bits per heavy atom. The van der Waals surface area contributed by atoms with Gasteiger partial charge in [0, 0.05) is 56.1 Å². The minimum absolute atomic E-state index is 0.0383. The normalized spacial score (nSPS) is 27.0. The van der Waals surface area contributed by atoms with Crippen LogP contribution in [-0.4, -0.2) is 72.4 Å². The zero-order valence-corrected chi connectivity index (χ0v) is 23.3. The molecule has 1 N–H and O–H groups in total. The number of carbonyl (C=O) groups excluding carboxylic acids is 1. The van der Waals surface area contributed by atoms with Gasteiger partial charge in [0.05, 0.1) is 12.7 Å². The Kier molecular flexibility index (Phi) is 9.12. The molecule has 2 aromatic rings. The van der Waals surface area contributed by atoms with Crippen LogP contribution in [0, 0.1) is 19.8 Å². The van der Waals surface area contributed by atoms with Gasteiger partial charge in [-0.05, 0) is 76.8 Å². The quantitative estimate of drug-likeness (QED) is 0.540. The number of piperidine rings is 1. The molecule has 1 amide bonds. The molecular formula is C30H44N4O4. The number of hydrogen-bond donors (Lipinski definition) is 1. The first-order chi connectivity index (χ1) is 18.5. The predicted octanol–water partition coefficient (Wildman–Crippen LogP) is 4.59. The van der Waals surface area contributed by atoms with Gasteiger partial charge in [-0.25, -0.2) is 9.97 Å². The lowest BCUT2D eigenvalue weighted by atomic mass is 9.78. The van der Waals surface area contributed by atoms with Crippen molar-refractivity contribution < 1.29 is 18.7 Å². The first-order valence-electron chi connectivity index (χ1n) is 14.5. The molecule has 208 valence electrons. The largest absolute Gasteiger partial charge is 0.466 e. The number of aryl methyl sites for hydroxylation is 2. The molecule has 2 aromatic heterocycles. The number of nitrogens with one attached hydrogen (secondary N) is 1. The van der Waals surface area contributed by atoms with Crippen molar-refractivity contribution in [2.24, 2.45) is 5.92 Å². The molecule has 0 bridgehead atoms. The molecule has 1 aliphatic carbocycles. The third-order valence-electron chi connectivity index (χ3n) is 8.97. The van der Waals surface area contributed by atoms with Crippen LogP contribution in [0.25, 0.3) is 0 Å². The van der Waals surface area contributed by atoms with Gasteiger partial charge in [0.2, 0.25) is 0 Å². The SMILES string of the molecule is CO[C@@H]1COCC[C@@H]1NC1CCN(C(=O)c2ncnc(CC[C@@H]3CCC[C@H](c4ccc(C)o4)C3)c2C)CC1. The molecule has 38 heavy (non-hydrogen) atoms. The lowest BCUT2D eigenvalue weighted by Gasteiger charge is -2.38. The summed E-state index contributed by atoms with van der Waals surface area (Å²) in [5, 5.41) is 3.77. The van der Waals surface area contributed by atoms with E-state index in [1.54, 1.807) is 13.4 Å². The highest BCUT2D eigenvalue weighted by Gasteiger charge is 2.31. The Morgan fingerprint density at radius 1 is 1.13 bits per heavy atom. The smallest absolute Gasteiger partial charge is 0.272 e. The molecule has 3 fully saturated rings. The highest BCUT2D eigenvalue weighted by atomic mass is 16.5. The van der Waals surface area contributed by atoms with E-state index in [-0.39, 0.29) is 12.0 Å². The van der Waals surface area contributed by atoms with Crippen LogP contribution < -0.4 is 5.32 Å². The lowest BCUT2D eigenvalue weighted by molar-refractivity contribution is -0.0533. The number of furan rings is 1. The molecular weight excluding hydrogens is 480 g/mol. The Bertz CT molecular complexity index is 1060. The zero-order chi connectivity index (χ0) is 26.5. The van der Waals surface area contributed by atoms with Crippen molar-refractivity contribution >= 4 is 5.91 Å². The number of ether oxygens (including phenoxy) is 2. The van der Waals surface area contributed by atoms with Crippen LogP contribution in [0.5, 0.6) is 0 Å². The van der Waals surface area contributed by atoms with E-state index in [0.29, 0.717) is 36.2 Å². The molecule has 2 aliphatic heterocycles. The average Bonchev–Trinajstić information content (AvgIpc) is 3.39. The lowest BCUT2D eigenvalue weighted by Crippen LogP contribution is -2.54. The van der Waals surface area contributed by atoms with Crippen molar-refractivity contribution in [3.05, 3.63) is 46.9 Å². The molecule has 5 rings (SSSR count). The summed E-state index contributed by atoms with van der Waals surface area (Å²) < 4.78 is 17.1. The molecule has 3 aliphatic rings. The van der Waals surface area contributed by atoms with Crippen LogP contribution in [0.2, 0.25) is 0 Å². The van der Waals surface area contributed by atoms with Gasteiger partial charge in [-0.3, -0.25) is 4.79 Å². The van der Waals surface area contributed by atoms with Gasteiger partial charge in [-0.15, -0.1) is 0 Å². The summed E-state index contributed by atoms with van der Waals surface area (Å²) in [6, 6.07) is 4.93. The second-order valence-corrected chi connectivity index (χ2v) is 11.5. The van der Waals surface area contributed by atoms with Crippen molar-refractivity contribution in [2.75, 3.05) is 33.4 Å². The second-order valence-electron chi connectivity index (χ2n) is 11.5. The van der Waals surface area contributed by atoms with Crippen LogP contribution in [0.4, 0.5) is 0 Å². The van der Waals surface area contributed by atoms with Crippen molar-refractivity contribution in [3.63, 3.8) is 0 Å². The Labute approximate surface area is 226 Å². The maximum atomic E-state index is 13.4. The van der Waals surface area contributed by atoms with E-state index in [0.717, 1.165) is 74.6 Å². The average molecular weight is 525 g/mol. The molecule has 0 unspecified atom stereocenters. The molecule has 8 nitrogen and oxygen atoms in total. The summed E-state index contributed by atoms with van der Waals surface area (Å²) in [4.78, 5) is 24.4. The molecule has 2 saturated heterocycles. The second kappa shape index (κ2) is 12.7. The third kappa shape index (κ3) is 6.46. The van der Waals surface area contributed by atoms with E-state index in [1.807, 2.05) is 18.7 Å². The van der Waals surface area contributed by atoms with Crippen LogP contribution in [0.3, 0.4) is 0 Å². The summed E-state index contributed by atoms with van der Waals surface area (Å²) in [7, 11) is 1.75. The minimum atomic E-state index is 0.0383. The number of carbonyl (C=O) groups is 1. The highest BCUT2D eigenvalue weighted by Crippen LogP contribution is 2.38. The molecule has 8 heteroatoms. The number of hydrogen-bond acceptors (Lipinski definition) is 7. The van der Waals surface area contributed by atoms with Crippen molar-refractivity contribution in [1.82, 2.24) is 20.2 Å². The van der Waals surface area contributed by atoms with Crippen molar-refractivity contribution in [2.45, 2.75) is 95.7 Å². The van der Waals surface area contributed by atoms with E-state index in [4.69, 9.17) is 13.9 Å². The predicted molar refractivity (Wildman–Crippen MR) is 145 cm³/mol. The van der Waals surface area contributed by atoms with E-state index in [9.17, 15) is 4.79 Å². The maximum absolute atomic E-state index is 13.4. The van der Waals surface area contributed by atoms with Crippen molar-refractivity contribution in [3.8, 4) is 0 Å². The number of methoxy groups -OCH3 is 1. The summed E-state index contributed by atoms with van der Waals surface area (Å²) >= 11 is 0. The number of nitrogens with zero attached hydrogens (tertiary/aromatic N) is 3. The molecule has 1 saturated carbocycles. The van der Waals surface area contributed by atoms with Crippen LogP contribution in [0.15, 0.2) is 22.9 Å². The molecule has 0 spiro atoms. The van der Waals surface area contributed by atoms with Gasteiger partial charge in [0.1, 0.15) is 23.5 Å². The fraction of sp³-hybridized carbons (Fsp3) is 0.700. The van der Waals surface area contributed by atoms with Gasteiger partial charge in [0.15, 0.2) is 0 Å². The number of aromatic nitrogens is 2. The minimum Gasteiger partial charge on any atom is -0.466 e. The molecule has 4 atom stereocenters. The van der Waals surface area contributed by atoms with Gasteiger partial charge in [-0.2, -0.15) is 0 Å². The third-order valence-corrected chi connectivity index (χ3v) is 8.97. The number of likely N-dealkylation sites (tertiary alicyclic amines) is 1. The zero-order valence-electron chi connectivity index (χ0n) is 23.3. The summed E-state index contributed by atoms with van der Waals surface area (Å²) in [5.41, 5.74) is 2.52. The highest BCUT2D eigenvalue weighted by molar-refractivity contribution is 5.93. The van der Waals surface area contributed by atoms with Crippen LogP contribution >= 0.6 is 0 Å². The number of amides is 1. The standard InChI is InChI=1S/C30H44N4O4/c1-20-7-10-27(38-20)23-6-4-5-22(17-23)8-9-25-21(2)29(32-19-31-25)30(35)34-14-11-24(12-15-34)33-26-13-16-37-18-28(26)36-3/h7,10,19,22-24,26,28,33H,4-6,8-9,11-18H2,1-3H3/t22-,23-,26-,28+/m0/s1. The fourth-order valence-electron chi connectivity index (χ4n) is 6.62. The van der Waals surface area contributed by atoms with Crippen LogP contribution in [-0.2, 0) is 15.9 Å². The van der Waals surface area contributed by atoms with Gasteiger partial charge in [-0.1, -0.05) is 12.8 Å². The van der Waals surface area contributed by atoms with Crippen LogP contribution in [0.1, 0.15) is 90.6 Å². The summed E-state index contributed by atoms with van der Waals surface area (Å²) in [6.45, 7) is 6.94.